The summed E-state index contributed by atoms with van der Waals surface area (Å²) < 4.78 is 1.61. The maximum Gasteiger partial charge on any atom is 0.263 e. The lowest BCUT2D eigenvalue weighted by atomic mass is 10.1. The Hall–Kier alpha value is -2.16. The largest absolute Gasteiger partial charge is 0.281 e. The molecule has 3 aromatic rings. The lowest BCUT2D eigenvalue weighted by Crippen LogP contribution is -2.13. The molecule has 0 bridgehead atoms. The van der Waals surface area contributed by atoms with E-state index in [-0.39, 0.29) is 5.56 Å². The van der Waals surface area contributed by atoms with Gasteiger partial charge in [-0.1, -0.05) is 18.2 Å². The van der Waals surface area contributed by atoms with Crippen LogP contribution in [0.1, 0.15) is 0 Å². The predicted octanol–water partition coefficient (Wildman–Crippen LogP) is 1.85. The number of nitrogens with zero attached hydrogens (tertiary/aromatic N) is 2. The molecule has 1 aromatic carbocycles. The Labute approximate surface area is 85.6 Å². The summed E-state index contributed by atoms with van der Waals surface area (Å²) in [4.78, 5) is 16.0. The van der Waals surface area contributed by atoms with E-state index < -0.39 is 0 Å². The van der Waals surface area contributed by atoms with Gasteiger partial charge >= 0.3 is 0 Å². The van der Waals surface area contributed by atoms with Crippen LogP contribution in [0, 0.1) is 0 Å². The number of fused-ring (bicyclic) bond motifs is 2. The van der Waals surface area contributed by atoms with Gasteiger partial charge in [0, 0.05) is 17.8 Å². The van der Waals surface area contributed by atoms with Crippen LogP contribution < -0.4 is 5.56 Å². The molecule has 3 nitrogen and oxygen atoms in total. The Kier molecular flexibility index (Phi) is 1.59. The molecule has 0 aliphatic heterocycles. The molecular weight excluding hydrogens is 188 g/mol. The van der Waals surface area contributed by atoms with Crippen LogP contribution in [0.25, 0.3) is 16.3 Å². The van der Waals surface area contributed by atoms with E-state index in [4.69, 9.17) is 0 Å². The zero-order valence-electron chi connectivity index (χ0n) is 7.92. The molecule has 2 heterocycles. The molecule has 0 unspecified atom stereocenters. The summed E-state index contributed by atoms with van der Waals surface area (Å²) in [5, 5.41) is 1.69. The normalized spacial score (nSPS) is 10.9. The van der Waals surface area contributed by atoms with E-state index in [9.17, 15) is 4.79 Å². The predicted molar refractivity (Wildman–Crippen MR) is 59.0 cm³/mol. The molecule has 3 rings (SSSR count). The maximum absolute atomic E-state index is 12.0. The molecule has 15 heavy (non-hydrogen) atoms. The minimum absolute atomic E-state index is 0.00509. The van der Waals surface area contributed by atoms with Gasteiger partial charge in [-0.15, -0.1) is 0 Å². The quantitative estimate of drug-likeness (QED) is 0.514. The lowest BCUT2D eigenvalue weighted by Gasteiger charge is -2.01. The van der Waals surface area contributed by atoms with Crippen LogP contribution in [0.15, 0.2) is 53.7 Å². The average Bonchev–Trinajstić information content (AvgIpc) is 2.30. The first-order valence-corrected chi connectivity index (χ1v) is 4.70. The summed E-state index contributed by atoms with van der Waals surface area (Å²) in [6.45, 7) is 0. The van der Waals surface area contributed by atoms with Crippen LogP contribution in [0.4, 0.5) is 0 Å². The first-order valence-electron chi connectivity index (χ1n) is 4.70. The Morgan fingerprint density at radius 1 is 1.20 bits per heavy atom. The topological polar surface area (TPSA) is 34.4 Å². The third kappa shape index (κ3) is 1.13. The van der Waals surface area contributed by atoms with Gasteiger partial charge in [0.15, 0.2) is 0 Å². The second kappa shape index (κ2) is 2.92. The van der Waals surface area contributed by atoms with Gasteiger partial charge in [-0.05, 0) is 17.5 Å². The van der Waals surface area contributed by atoms with Crippen molar-refractivity contribution in [3.8, 4) is 0 Å². The highest BCUT2D eigenvalue weighted by Crippen LogP contribution is 2.11. The van der Waals surface area contributed by atoms with Crippen molar-refractivity contribution in [3.05, 3.63) is 59.3 Å². The lowest BCUT2D eigenvalue weighted by molar-refractivity contribution is 1.08. The van der Waals surface area contributed by atoms with Gasteiger partial charge in [-0.3, -0.25) is 14.2 Å². The fourth-order valence-corrected chi connectivity index (χ4v) is 1.77. The Morgan fingerprint density at radius 3 is 3.00 bits per heavy atom. The van der Waals surface area contributed by atoms with Gasteiger partial charge in [0.1, 0.15) is 0 Å². The molecule has 0 amide bonds. The van der Waals surface area contributed by atoms with Crippen molar-refractivity contribution in [3.63, 3.8) is 0 Å². The van der Waals surface area contributed by atoms with Gasteiger partial charge < -0.3 is 0 Å². The van der Waals surface area contributed by atoms with Crippen molar-refractivity contribution in [1.29, 1.82) is 0 Å². The number of benzene rings is 1. The van der Waals surface area contributed by atoms with E-state index in [0.29, 0.717) is 0 Å². The van der Waals surface area contributed by atoms with Crippen molar-refractivity contribution < 1.29 is 0 Å². The molecule has 0 radical (unpaired) electrons. The summed E-state index contributed by atoms with van der Waals surface area (Å²) in [5.74, 6) is 0. The molecular formula is C12H8N2O. The molecule has 0 aliphatic carbocycles. The van der Waals surface area contributed by atoms with E-state index in [1.54, 1.807) is 23.0 Å². The summed E-state index contributed by atoms with van der Waals surface area (Å²) in [6, 6.07) is 9.53. The van der Waals surface area contributed by atoms with E-state index in [1.807, 2.05) is 30.3 Å². The molecule has 2 aromatic heterocycles. The summed E-state index contributed by atoms with van der Waals surface area (Å²) in [6.07, 6.45) is 4.99. The molecule has 72 valence electrons. The van der Waals surface area contributed by atoms with Gasteiger partial charge in [0.25, 0.3) is 5.56 Å². The number of hydrogen-bond acceptors (Lipinski definition) is 2. The third-order valence-electron chi connectivity index (χ3n) is 2.50. The van der Waals surface area contributed by atoms with Gasteiger partial charge in [0.2, 0.25) is 0 Å². The van der Waals surface area contributed by atoms with Crippen LogP contribution in [-0.2, 0) is 0 Å². The number of hydrogen-bond donors (Lipinski definition) is 0. The van der Waals surface area contributed by atoms with E-state index >= 15 is 0 Å². The van der Waals surface area contributed by atoms with Crippen molar-refractivity contribution in [1.82, 2.24) is 9.38 Å². The summed E-state index contributed by atoms with van der Waals surface area (Å²) >= 11 is 0. The zero-order chi connectivity index (χ0) is 10.3. The van der Waals surface area contributed by atoms with Gasteiger partial charge in [0.05, 0.1) is 11.7 Å². The van der Waals surface area contributed by atoms with E-state index in [1.165, 1.54) is 0 Å². The highest BCUT2D eigenvalue weighted by atomic mass is 16.1. The third-order valence-corrected chi connectivity index (χ3v) is 2.50. The van der Waals surface area contributed by atoms with Crippen molar-refractivity contribution >= 4 is 16.3 Å². The van der Waals surface area contributed by atoms with Crippen LogP contribution in [-0.4, -0.2) is 9.38 Å². The van der Waals surface area contributed by atoms with Crippen LogP contribution >= 0.6 is 0 Å². The highest BCUT2D eigenvalue weighted by Gasteiger charge is 2.01. The fraction of sp³-hybridized carbons (Fsp3) is 0. The minimum Gasteiger partial charge on any atom is -0.281 e. The average molecular weight is 196 g/mol. The molecule has 0 aliphatic rings. The van der Waals surface area contributed by atoms with Gasteiger partial charge in [-0.25, -0.2) is 0 Å². The van der Waals surface area contributed by atoms with E-state index in [2.05, 4.69) is 4.98 Å². The first-order chi connectivity index (χ1) is 7.36. The SMILES string of the molecule is O=c1c2ccccc2cc2cnccn12. The zero-order valence-corrected chi connectivity index (χ0v) is 7.92. The maximum atomic E-state index is 12.0. The smallest absolute Gasteiger partial charge is 0.263 e. The van der Waals surface area contributed by atoms with Crippen molar-refractivity contribution in [2.75, 3.05) is 0 Å². The standard InChI is InChI=1S/C12H8N2O/c15-12-11-4-2-1-3-9(11)7-10-8-13-5-6-14(10)12/h1-8H. The first kappa shape index (κ1) is 8.17. The second-order valence-electron chi connectivity index (χ2n) is 3.41. The minimum atomic E-state index is 0.00509. The Morgan fingerprint density at radius 2 is 2.07 bits per heavy atom. The molecule has 0 fully saturated rings. The molecule has 0 spiro atoms. The highest BCUT2D eigenvalue weighted by molar-refractivity contribution is 5.85. The Bertz CT molecular complexity index is 643. The van der Waals surface area contributed by atoms with Crippen molar-refractivity contribution in [2.45, 2.75) is 0 Å². The molecule has 0 saturated carbocycles. The number of aromatic nitrogens is 2. The molecule has 0 N–H and O–H groups in total. The number of rotatable bonds is 0. The number of pyridine rings is 1. The Balaban J connectivity index is 2.66. The molecule has 3 heteroatoms. The monoisotopic (exact) mass is 196 g/mol. The van der Waals surface area contributed by atoms with Crippen LogP contribution in [0.2, 0.25) is 0 Å². The second-order valence-corrected chi connectivity index (χ2v) is 3.41. The van der Waals surface area contributed by atoms with E-state index in [0.717, 1.165) is 16.3 Å². The molecule has 0 atom stereocenters. The van der Waals surface area contributed by atoms with Crippen LogP contribution in [0.5, 0.6) is 0 Å². The molecule has 0 saturated heterocycles. The summed E-state index contributed by atoms with van der Waals surface area (Å²) in [5.41, 5.74) is 0.826. The van der Waals surface area contributed by atoms with Crippen molar-refractivity contribution in [2.24, 2.45) is 0 Å². The fourth-order valence-electron chi connectivity index (χ4n) is 1.77. The summed E-state index contributed by atoms with van der Waals surface area (Å²) in [7, 11) is 0. The van der Waals surface area contributed by atoms with Crippen LogP contribution in [0.3, 0.4) is 0 Å². The van der Waals surface area contributed by atoms with Gasteiger partial charge in [-0.2, -0.15) is 0 Å².